The molecule has 19 heavy (non-hydrogen) atoms. The summed E-state index contributed by atoms with van der Waals surface area (Å²) in [5.74, 6) is -1.01. The lowest BCUT2D eigenvalue weighted by molar-refractivity contribution is -0.212. The first kappa shape index (κ1) is 14.0. The molecule has 0 spiro atoms. The predicted molar refractivity (Wildman–Crippen MR) is 67.7 cm³/mol. The Morgan fingerprint density at radius 1 is 1.42 bits per heavy atom. The molecule has 0 bridgehead atoms. The zero-order valence-corrected chi connectivity index (χ0v) is 11.0. The van der Waals surface area contributed by atoms with Gasteiger partial charge in [-0.2, -0.15) is 0 Å². The molecule has 5 heteroatoms. The summed E-state index contributed by atoms with van der Waals surface area (Å²) >= 11 is 0. The van der Waals surface area contributed by atoms with E-state index < -0.39 is 12.1 Å². The highest BCUT2D eigenvalue weighted by Gasteiger charge is 2.23. The fourth-order valence-electron chi connectivity index (χ4n) is 2.04. The van der Waals surface area contributed by atoms with E-state index in [1.165, 1.54) is 7.11 Å². The molecule has 1 aliphatic heterocycles. The van der Waals surface area contributed by atoms with E-state index in [0.717, 1.165) is 12.0 Å². The maximum atomic E-state index is 11.0. The molecule has 0 amide bonds. The van der Waals surface area contributed by atoms with Crippen molar-refractivity contribution in [2.45, 2.75) is 31.8 Å². The van der Waals surface area contributed by atoms with Crippen LogP contribution in [0.25, 0.3) is 0 Å². The van der Waals surface area contributed by atoms with Gasteiger partial charge in [-0.3, -0.25) is 0 Å². The maximum Gasteiger partial charge on any atom is 0.337 e. The number of carboxylic acid groups (broad SMARTS) is 1. The van der Waals surface area contributed by atoms with Gasteiger partial charge in [-0.05, 0) is 18.9 Å². The van der Waals surface area contributed by atoms with E-state index in [9.17, 15) is 4.79 Å². The molecular weight excluding hydrogens is 248 g/mol. The number of carbonyl (C=O) groups is 1. The summed E-state index contributed by atoms with van der Waals surface area (Å²) in [6.07, 6.45) is -0.256. The summed E-state index contributed by atoms with van der Waals surface area (Å²) < 4.78 is 16.2. The van der Waals surface area contributed by atoms with Crippen LogP contribution in [0.2, 0.25) is 0 Å². The Balaban J connectivity index is 2.11. The van der Waals surface area contributed by atoms with Crippen LogP contribution in [0.3, 0.4) is 0 Å². The van der Waals surface area contributed by atoms with Crippen molar-refractivity contribution in [3.8, 4) is 0 Å². The Bertz CT molecular complexity index is 428. The third kappa shape index (κ3) is 3.32. The fourth-order valence-corrected chi connectivity index (χ4v) is 2.04. The first-order valence-electron chi connectivity index (χ1n) is 6.24. The number of carboxylic acids is 1. The molecule has 0 saturated carbocycles. The number of hydrogen-bond acceptors (Lipinski definition) is 4. The van der Waals surface area contributed by atoms with Crippen LogP contribution in [0.15, 0.2) is 24.3 Å². The van der Waals surface area contributed by atoms with Crippen molar-refractivity contribution in [1.29, 1.82) is 0 Å². The van der Waals surface area contributed by atoms with Crippen LogP contribution < -0.4 is 0 Å². The molecule has 1 fully saturated rings. The van der Waals surface area contributed by atoms with Gasteiger partial charge in [0.25, 0.3) is 0 Å². The minimum Gasteiger partial charge on any atom is -0.479 e. The van der Waals surface area contributed by atoms with Crippen LogP contribution in [0.5, 0.6) is 0 Å². The number of methoxy groups -OCH3 is 1. The van der Waals surface area contributed by atoms with Crippen molar-refractivity contribution in [2.24, 2.45) is 0 Å². The van der Waals surface area contributed by atoms with Crippen molar-refractivity contribution in [3.63, 3.8) is 0 Å². The van der Waals surface area contributed by atoms with Crippen molar-refractivity contribution in [2.75, 3.05) is 13.7 Å². The van der Waals surface area contributed by atoms with E-state index in [4.69, 9.17) is 19.3 Å². The van der Waals surface area contributed by atoms with Crippen molar-refractivity contribution >= 4 is 5.97 Å². The van der Waals surface area contributed by atoms with Crippen LogP contribution in [0, 0.1) is 0 Å². The summed E-state index contributed by atoms with van der Waals surface area (Å²) in [6, 6.07) is 7.08. The number of rotatable bonds is 4. The lowest BCUT2D eigenvalue weighted by Gasteiger charge is -2.28. The van der Waals surface area contributed by atoms with E-state index in [2.05, 4.69) is 0 Å². The second-order valence-corrected chi connectivity index (χ2v) is 4.56. The van der Waals surface area contributed by atoms with Crippen LogP contribution >= 0.6 is 0 Å². The first-order chi connectivity index (χ1) is 9.11. The molecule has 0 aliphatic carbocycles. The highest BCUT2D eigenvalue weighted by Crippen LogP contribution is 2.27. The Morgan fingerprint density at radius 2 is 2.11 bits per heavy atom. The highest BCUT2D eigenvalue weighted by molar-refractivity contribution is 5.74. The van der Waals surface area contributed by atoms with Crippen LogP contribution in [-0.2, 0) is 19.0 Å². The number of aliphatic carboxylic acids is 1. The minimum absolute atomic E-state index is 0.171. The second kappa shape index (κ2) is 6.14. The van der Waals surface area contributed by atoms with Gasteiger partial charge in [0.2, 0.25) is 0 Å². The molecule has 3 atom stereocenters. The molecule has 1 saturated heterocycles. The molecule has 0 aromatic heterocycles. The lowest BCUT2D eigenvalue weighted by atomic mass is 10.1. The van der Waals surface area contributed by atoms with E-state index in [0.29, 0.717) is 12.2 Å². The summed E-state index contributed by atoms with van der Waals surface area (Å²) in [5, 5.41) is 9.01. The third-order valence-corrected chi connectivity index (χ3v) is 3.12. The molecule has 1 N–H and O–H groups in total. The molecule has 5 nitrogen and oxygen atoms in total. The zero-order chi connectivity index (χ0) is 13.8. The monoisotopic (exact) mass is 266 g/mol. The molecule has 1 aliphatic rings. The normalized spacial score (nSPS) is 24.9. The number of ether oxygens (including phenoxy) is 3. The topological polar surface area (TPSA) is 65.0 Å². The van der Waals surface area contributed by atoms with Gasteiger partial charge in [0.15, 0.2) is 12.4 Å². The maximum absolute atomic E-state index is 11.0. The zero-order valence-electron chi connectivity index (χ0n) is 11.0. The van der Waals surface area contributed by atoms with Gasteiger partial charge in [-0.15, -0.1) is 0 Å². The number of hydrogen-bond donors (Lipinski definition) is 1. The van der Waals surface area contributed by atoms with Crippen molar-refractivity contribution in [1.82, 2.24) is 0 Å². The summed E-state index contributed by atoms with van der Waals surface area (Å²) in [5.41, 5.74) is 1.48. The molecule has 3 unspecified atom stereocenters. The minimum atomic E-state index is -1.01. The van der Waals surface area contributed by atoms with Gasteiger partial charge in [-0.25, -0.2) is 4.79 Å². The summed E-state index contributed by atoms with van der Waals surface area (Å²) in [4.78, 5) is 11.0. The Kier molecular flexibility index (Phi) is 4.52. The van der Waals surface area contributed by atoms with E-state index in [-0.39, 0.29) is 12.4 Å². The molecular formula is C14H18O5. The summed E-state index contributed by atoms with van der Waals surface area (Å²) in [6.45, 7) is 2.68. The van der Waals surface area contributed by atoms with Gasteiger partial charge < -0.3 is 19.3 Å². The van der Waals surface area contributed by atoms with Gasteiger partial charge >= 0.3 is 5.97 Å². The van der Waals surface area contributed by atoms with Crippen LogP contribution in [-0.4, -0.2) is 30.9 Å². The fraction of sp³-hybridized carbons (Fsp3) is 0.500. The standard InChI is InChI=1S/C14H18O5/c1-9-7-8-18-14(19-9)11-5-3-10(4-6-11)12(17-2)13(15)16/h3-6,9,12,14H,7-8H2,1-2H3,(H,15,16). The van der Waals surface area contributed by atoms with Crippen molar-refractivity contribution in [3.05, 3.63) is 35.4 Å². The molecule has 0 radical (unpaired) electrons. The largest absolute Gasteiger partial charge is 0.479 e. The SMILES string of the molecule is COC(C(=O)O)c1ccc(C2OCCC(C)O2)cc1. The lowest BCUT2D eigenvalue weighted by Crippen LogP contribution is -2.24. The second-order valence-electron chi connectivity index (χ2n) is 4.56. The van der Waals surface area contributed by atoms with E-state index in [1.807, 2.05) is 19.1 Å². The van der Waals surface area contributed by atoms with Gasteiger partial charge in [0.1, 0.15) is 0 Å². The van der Waals surface area contributed by atoms with Crippen molar-refractivity contribution < 1.29 is 24.1 Å². The Labute approximate surface area is 112 Å². The molecule has 1 heterocycles. The van der Waals surface area contributed by atoms with E-state index >= 15 is 0 Å². The summed E-state index contributed by atoms with van der Waals surface area (Å²) in [7, 11) is 1.38. The Morgan fingerprint density at radius 3 is 2.63 bits per heavy atom. The Hall–Kier alpha value is -1.43. The van der Waals surface area contributed by atoms with Gasteiger partial charge in [0.05, 0.1) is 12.7 Å². The molecule has 1 aromatic carbocycles. The molecule has 2 rings (SSSR count). The quantitative estimate of drug-likeness (QED) is 0.905. The van der Waals surface area contributed by atoms with Crippen LogP contribution in [0.4, 0.5) is 0 Å². The highest BCUT2D eigenvalue weighted by atomic mass is 16.7. The first-order valence-corrected chi connectivity index (χ1v) is 6.24. The molecule has 1 aromatic rings. The average molecular weight is 266 g/mol. The molecule has 104 valence electrons. The number of benzene rings is 1. The predicted octanol–water partition coefficient (Wildman–Crippen LogP) is 2.28. The smallest absolute Gasteiger partial charge is 0.337 e. The third-order valence-electron chi connectivity index (χ3n) is 3.12. The van der Waals surface area contributed by atoms with Gasteiger partial charge in [0, 0.05) is 12.7 Å². The average Bonchev–Trinajstić information content (AvgIpc) is 2.40. The van der Waals surface area contributed by atoms with E-state index in [1.54, 1.807) is 12.1 Å². The van der Waals surface area contributed by atoms with Crippen LogP contribution in [0.1, 0.15) is 36.9 Å². The van der Waals surface area contributed by atoms with Gasteiger partial charge in [-0.1, -0.05) is 24.3 Å².